The van der Waals surface area contributed by atoms with E-state index in [-0.39, 0.29) is 4.90 Å². The van der Waals surface area contributed by atoms with E-state index >= 15 is 0 Å². The largest absolute Gasteiger partial charge is 0.444 e. The monoisotopic (exact) mass is 292 g/mol. The average molecular weight is 292 g/mol. The van der Waals surface area contributed by atoms with Gasteiger partial charge in [-0.15, -0.1) is 0 Å². The molecule has 2 aromatic rings. The van der Waals surface area contributed by atoms with Crippen molar-refractivity contribution in [1.82, 2.24) is 10.3 Å². The molecule has 5 nitrogen and oxygen atoms in total. The normalized spacial score (nSPS) is 15.4. The van der Waals surface area contributed by atoms with E-state index in [9.17, 15) is 8.42 Å². The van der Waals surface area contributed by atoms with E-state index in [1.807, 2.05) is 0 Å². The molecule has 0 bridgehead atoms. The highest BCUT2D eigenvalue weighted by Crippen LogP contribution is 2.23. The minimum atomic E-state index is -3.22. The second kappa shape index (κ2) is 5.03. The Kier molecular flexibility index (Phi) is 3.35. The van der Waals surface area contributed by atoms with Gasteiger partial charge in [0.1, 0.15) is 6.26 Å². The van der Waals surface area contributed by atoms with Crippen LogP contribution in [0.4, 0.5) is 0 Å². The molecule has 6 heteroatoms. The summed E-state index contributed by atoms with van der Waals surface area (Å²) < 4.78 is 28.5. The lowest BCUT2D eigenvalue weighted by Crippen LogP contribution is -2.15. The summed E-state index contributed by atoms with van der Waals surface area (Å²) in [7, 11) is -3.22. The molecule has 1 aromatic carbocycles. The van der Waals surface area contributed by atoms with Crippen LogP contribution in [-0.2, 0) is 16.4 Å². The van der Waals surface area contributed by atoms with E-state index in [0.29, 0.717) is 24.0 Å². The van der Waals surface area contributed by atoms with Crippen molar-refractivity contribution in [2.45, 2.75) is 30.3 Å². The smallest absolute Gasteiger partial charge is 0.226 e. The number of aromatic nitrogens is 1. The maximum absolute atomic E-state index is 11.5. The summed E-state index contributed by atoms with van der Waals surface area (Å²) in [4.78, 5) is 4.65. The number of sulfone groups is 1. The predicted octanol–water partition coefficient (Wildman–Crippen LogP) is 2.00. The van der Waals surface area contributed by atoms with Gasteiger partial charge in [-0.2, -0.15) is 0 Å². The molecular weight excluding hydrogens is 276 g/mol. The molecule has 0 radical (unpaired) electrons. The molecule has 0 unspecified atom stereocenters. The molecular formula is C14H16N2O3S. The van der Waals surface area contributed by atoms with E-state index in [1.165, 1.54) is 19.1 Å². The Balaban J connectivity index is 1.81. The number of nitrogens with zero attached hydrogens (tertiary/aromatic N) is 1. The van der Waals surface area contributed by atoms with Crippen LogP contribution in [0.15, 0.2) is 39.8 Å². The third-order valence-electron chi connectivity index (χ3n) is 3.21. The van der Waals surface area contributed by atoms with Crippen LogP contribution >= 0.6 is 0 Å². The van der Waals surface area contributed by atoms with Crippen molar-refractivity contribution in [3.63, 3.8) is 0 Å². The van der Waals surface area contributed by atoms with Gasteiger partial charge in [-0.1, -0.05) is 6.07 Å². The van der Waals surface area contributed by atoms with E-state index in [2.05, 4.69) is 10.3 Å². The van der Waals surface area contributed by atoms with Gasteiger partial charge in [0.25, 0.3) is 0 Å². The van der Waals surface area contributed by atoms with Crippen LogP contribution < -0.4 is 5.32 Å². The fraction of sp³-hybridized carbons (Fsp3) is 0.357. The third kappa shape index (κ3) is 3.08. The van der Waals surface area contributed by atoms with Crippen LogP contribution in [0.25, 0.3) is 11.5 Å². The Hall–Kier alpha value is -1.66. The standard InChI is InChI=1S/C14H16N2O3S/c1-20(17,18)13-4-2-3-10(7-13)14-16-12(9-19-14)8-15-11-5-6-11/h2-4,7,9,11,15H,5-6,8H2,1H3. The van der Waals surface area contributed by atoms with Crippen LogP contribution in [-0.4, -0.2) is 25.7 Å². The highest BCUT2D eigenvalue weighted by atomic mass is 32.2. The lowest BCUT2D eigenvalue weighted by Gasteiger charge is -2.00. The van der Waals surface area contributed by atoms with Gasteiger partial charge in [0.05, 0.1) is 10.6 Å². The first kappa shape index (κ1) is 13.3. The summed E-state index contributed by atoms with van der Waals surface area (Å²) in [5.74, 6) is 0.447. The van der Waals surface area contributed by atoms with Gasteiger partial charge in [-0.05, 0) is 31.0 Å². The number of hydrogen-bond acceptors (Lipinski definition) is 5. The minimum absolute atomic E-state index is 0.269. The van der Waals surface area contributed by atoms with Gasteiger partial charge in [0, 0.05) is 24.4 Å². The molecule has 106 valence electrons. The Morgan fingerprint density at radius 1 is 1.40 bits per heavy atom. The Morgan fingerprint density at radius 2 is 2.20 bits per heavy atom. The molecule has 0 spiro atoms. The molecule has 0 atom stereocenters. The van der Waals surface area contributed by atoms with Gasteiger partial charge in [-0.3, -0.25) is 0 Å². The summed E-state index contributed by atoms with van der Waals surface area (Å²) in [5, 5.41) is 3.35. The van der Waals surface area contributed by atoms with Crippen molar-refractivity contribution >= 4 is 9.84 Å². The molecule has 3 rings (SSSR count). The summed E-state index contributed by atoms with van der Waals surface area (Å²) in [6.45, 7) is 0.680. The molecule has 20 heavy (non-hydrogen) atoms. The number of rotatable bonds is 5. The van der Waals surface area contributed by atoms with Gasteiger partial charge >= 0.3 is 0 Å². The van der Waals surface area contributed by atoms with Crippen LogP contribution in [0.2, 0.25) is 0 Å². The van der Waals surface area contributed by atoms with Crippen LogP contribution in [0, 0.1) is 0 Å². The topological polar surface area (TPSA) is 72.2 Å². The maximum Gasteiger partial charge on any atom is 0.226 e. The first-order chi connectivity index (χ1) is 9.52. The van der Waals surface area contributed by atoms with Crippen LogP contribution in [0.1, 0.15) is 18.5 Å². The van der Waals surface area contributed by atoms with Crippen molar-refractivity contribution in [3.05, 3.63) is 36.2 Å². The summed E-state index contributed by atoms with van der Waals surface area (Å²) >= 11 is 0. The highest BCUT2D eigenvalue weighted by Gasteiger charge is 2.20. The number of nitrogens with one attached hydrogen (secondary N) is 1. The third-order valence-corrected chi connectivity index (χ3v) is 4.32. The van der Waals surface area contributed by atoms with Crippen LogP contribution in [0.3, 0.4) is 0 Å². The Morgan fingerprint density at radius 3 is 2.90 bits per heavy atom. The lowest BCUT2D eigenvalue weighted by atomic mass is 10.2. The van der Waals surface area contributed by atoms with E-state index in [0.717, 1.165) is 5.69 Å². The summed E-state index contributed by atoms with van der Waals surface area (Å²) in [6, 6.07) is 7.25. The van der Waals surface area contributed by atoms with Crippen molar-refractivity contribution in [2.24, 2.45) is 0 Å². The average Bonchev–Trinajstić information content (AvgIpc) is 3.12. The Bertz CT molecular complexity index is 718. The lowest BCUT2D eigenvalue weighted by molar-refractivity contribution is 0.569. The first-order valence-corrected chi connectivity index (χ1v) is 8.40. The first-order valence-electron chi connectivity index (χ1n) is 6.51. The number of benzene rings is 1. The van der Waals surface area contributed by atoms with E-state index < -0.39 is 9.84 Å². The van der Waals surface area contributed by atoms with Crippen molar-refractivity contribution < 1.29 is 12.8 Å². The number of hydrogen-bond donors (Lipinski definition) is 1. The molecule has 1 N–H and O–H groups in total. The zero-order valence-electron chi connectivity index (χ0n) is 11.2. The molecule has 0 aliphatic heterocycles. The second-order valence-electron chi connectivity index (χ2n) is 5.10. The fourth-order valence-corrected chi connectivity index (χ4v) is 2.58. The summed E-state index contributed by atoms with van der Waals surface area (Å²) in [6.07, 6.45) is 5.24. The zero-order valence-corrected chi connectivity index (χ0v) is 12.0. The van der Waals surface area contributed by atoms with Gasteiger partial charge in [-0.25, -0.2) is 13.4 Å². The van der Waals surface area contributed by atoms with E-state index in [1.54, 1.807) is 30.5 Å². The van der Waals surface area contributed by atoms with Gasteiger partial charge in [0.15, 0.2) is 9.84 Å². The predicted molar refractivity (Wildman–Crippen MR) is 74.9 cm³/mol. The van der Waals surface area contributed by atoms with Crippen molar-refractivity contribution in [1.29, 1.82) is 0 Å². The van der Waals surface area contributed by atoms with Gasteiger partial charge in [0.2, 0.25) is 5.89 Å². The molecule has 1 fully saturated rings. The Labute approximate surface area is 117 Å². The molecule has 1 saturated carbocycles. The van der Waals surface area contributed by atoms with E-state index in [4.69, 9.17) is 4.42 Å². The highest BCUT2D eigenvalue weighted by molar-refractivity contribution is 7.90. The molecule has 1 aromatic heterocycles. The molecule has 0 amide bonds. The van der Waals surface area contributed by atoms with Crippen molar-refractivity contribution in [3.8, 4) is 11.5 Å². The summed E-state index contributed by atoms with van der Waals surface area (Å²) in [5.41, 5.74) is 1.50. The fourth-order valence-electron chi connectivity index (χ4n) is 1.92. The van der Waals surface area contributed by atoms with Gasteiger partial charge < -0.3 is 9.73 Å². The molecule has 1 aliphatic carbocycles. The SMILES string of the molecule is CS(=O)(=O)c1cccc(-c2nc(CNC3CC3)co2)c1. The quantitative estimate of drug-likeness (QED) is 0.912. The molecule has 1 aliphatic rings. The minimum Gasteiger partial charge on any atom is -0.444 e. The zero-order chi connectivity index (χ0) is 14.2. The maximum atomic E-state index is 11.5. The number of oxazole rings is 1. The second-order valence-corrected chi connectivity index (χ2v) is 7.11. The molecule has 0 saturated heterocycles. The van der Waals surface area contributed by atoms with Crippen molar-refractivity contribution in [2.75, 3.05) is 6.26 Å². The molecule has 1 heterocycles. The van der Waals surface area contributed by atoms with Crippen LogP contribution in [0.5, 0.6) is 0 Å².